The van der Waals surface area contributed by atoms with Gasteiger partial charge in [0, 0.05) is 19.0 Å². The minimum atomic E-state index is -0.742. The van der Waals surface area contributed by atoms with E-state index < -0.39 is 5.97 Å². The van der Waals surface area contributed by atoms with Gasteiger partial charge >= 0.3 is 5.97 Å². The van der Waals surface area contributed by atoms with Gasteiger partial charge in [-0.2, -0.15) is 0 Å². The molecule has 1 saturated carbocycles. The maximum Gasteiger partial charge on any atom is 0.306 e. The van der Waals surface area contributed by atoms with Crippen LogP contribution in [0, 0.1) is 11.8 Å². The summed E-state index contributed by atoms with van der Waals surface area (Å²) in [7, 11) is 0. The van der Waals surface area contributed by atoms with Crippen molar-refractivity contribution in [1.82, 2.24) is 4.90 Å². The van der Waals surface area contributed by atoms with Crippen molar-refractivity contribution in [2.45, 2.75) is 39.2 Å². The molecule has 1 aromatic carbocycles. The molecule has 1 heterocycles. The zero-order valence-corrected chi connectivity index (χ0v) is 13.9. The molecule has 1 amide bonds. The van der Waals surface area contributed by atoms with Gasteiger partial charge in [-0.25, -0.2) is 0 Å². The molecule has 0 bridgehead atoms. The van der Waals surface area contributed by atoms with Gasteiger partial charge in [-0.1, -0.05) is 6.07 Å². The van der Waals surface area contributed by atoms with Gasteiger partial charge in [0.25, 0.3) is 0 Å². The van der Waals surface area contributed by atoms with Crippen molar-refractivity contribution in [3.63, 3.8) is 0 Å². The predicted molar refractivity (Wildman–Crippen MR) is 86.7 cm³/mol. The van der Waals surface area contributed by atoms with E-state index in [1.165, 1.54) is 0 Å². The van der Waals surface area contributed by atoms with Crippen LogP contribution in [0.3, 0.4) is 0 Å². The molecule has 1 aromatic rings. The lowest BCUT2D eigenvalue weighted by atomic mass is 9.81. The first-order valence-electron chi connectivity index (χ1n) is 8.48. The summed E-state index contributed by atoms with van der Waals surface area (Å²) < 4.78 is 10.7. The molecule has 0 atom stereocenters. The number of amides is 1. The Labute approximate surface area is 141 Å². The molecule has 0 radical (unpaired) electrons. The van der Waals surface area contributed by atoms with Crippen LogP contribution in [0.15, 0.2) is 18.2 Å². The van der Waals surface area contributed by atoms with Crippen LogP contribution in [0.5, 0.6) is 11.5 Å². The highest BCUT2D eigenvalue weighted by Crippen LogP contribution is 2.34. The summed E-state index contributed by atoms with van der Waals surface area (Å²) in [6.45, 7) is 3.37. The number of ether oxygens (including phenoxy) is 2. The van der Waals surface area contributed by atoms with E-state index in [0.717, 1.165) is 17.1 Å². The van der Waals surface area contributed by atoms with Crippen LogP contribution in [-0.4, -0.2) is 35.2 Å². The second-order valence-corrected chi connectivity index (χ2v) is 6.43. The second kappa shape index (κ2) is 7.11. The fourth-order valence-electron chi connectivity index (χ4n) is 3.45. The van der Waals surface area contributed by atoms with Crippen LogP contribution in [-0.2, 0) is 16.1 Å². The molecular weight excluding hydrogens is 310 g/mol. The zero-order valence-electron chi connectivity index (χ0n) is 13.9. The number of nitrogens with zero attached hydrogens (tertiary/aromatic N) is 1. The quantitative estimate of drug-likeness (QED) is 0.896. The molecule has 0 saturated heterocycles. The third kappa shape index (κ3) is 3.47. The third-order valence-electron chi connectivity index (χ3n) is 4.93. The smallest absolute Gasteiger partial charge is 0.306 e. The van der Waals surface area contributed by atoms with Gasteiger partial charge in [0.1, 0.15) is 0 Å². The summed E-state index contributed by atoms with van der Waals surface area (Å²) in [4.78, 5) is 25.6. The summed E-state index contributed by atoms with van der Waals surface area (Å²) >= 11 is 0. The van der Waals surface area contributed by atoms with Crippen molar-refractivity contribution in [3.05, 3.63) is 23.8 Å². The molecule has 24 heavy (non-hydrogen) atoms. The highest BCUT2D eigenvalue weighted by Gasteiger charge is 2.31. The van der Waals surface area contributed by atoms with Gasteiger partial charge < -0.3 is 19.5 Å². The van der Waals surface area contributed by atoms with Gasteiger partial charge in [0.05, 0.1) is 5.92 Å². The van der Waals surface area contributed by atoms with E-state index in [-0.39, 0.29) is 24.5 Å². The summed E-state index contributed by atoms with van der Waals surface area (Å²) in [5, 5.41) is 9.07. The molecule has 3 rings (SSSR count). The molecule has 0 spiro atoms. The van der Waals surface area contributed by atoms with Crippen LogP contribution in [0.4, 0.5) is 0 Å². The summed E-state index contributed by atoms with van der Waals surface area (Å²) in [6, 6.07) is 5.73. The number of carboxylic acids is 1. The normalized spacial score (nSPS) is 22.2. The van der Waals surface area contributed by atoms with Gasteiger partial charge in [0.15, 0.2) is 11.5 Å². The van der Waals surface area contributed by atoms with Gasteiger partial charge in [-0.15, -0.1) is 0 Å². The van der Waals surface area contributed by atoms with Crippen molar-refractivity contribution in [2.75, 3.05) is 13.3 Å². The number of fused-ring (bicyclic) bond motifs is 1. The Hall–Kier alpha value is -2.24. The van der Waals surface area contributed by atoms with Crippen LogP contribution in [0.25, 0.3) is 0 Å². The van der Waals surface area contributed by atoms with Crippen molar-refractivity contribution < 1.29 is 24.2 Å². The van der Waals surface area contributed by atoms with Crippen LogP contribution >= 0.6 is 0 Å². The number of hydrogen-bond acceptors (Lipinski definition) is 4. The van der Waals surface area contributed by atoms with E-state index in [4.69, 9.17) is 14.6 Å². The second-order valence-electron chi connectivity index (χ2n) is 6.43. The van der Waals surface area contributed by atoms with E-state index in [2.05, 4.69) is 0 Å². The lowest BCUT2D eigenvalue weighted by Crippen LogP contribution is -2.37. The van der Waals surface area contributed by atoms with Crippen molar-refractivity contribution in [3.8, 4) is 11.5 Å². The van der Waals surface area contributed by atoms with E-state index >= 15 is 0 Å². The van der Waals surface area contributed by atoms with Crippen molar-refractivity contribution in [1.29, 1.82) is 0 Å². The zero-order chi connectivity index (χ0) is 17.1. The topological polar surface area (TPSA) is 76.1 Å². The minimum absolute atomic E-state index is 0.0606. The van der Waals surface area contributed by atoms with Gasteiger partial charge in [0.2, 0.25) is 12.7 Å². The summed E-state index contributed by atoms with van der Waals surface area (Å²) in [6.07, 6.45) is 2.50. The molecule has 1 N–H and O–H groups in total. The highest BCUT2D eigenvalue weighted by molar-refractivity contribution is 5.79. The monoisotopic (exact) mass is 333 g/mol. The first-order valence-corrected chi connectivity index (χ1v) is 8.48. The number of benzene rings is 1. The lowest BCUT2D eigenvalue weighted by Gasteiger charge is -2.30. The molecule has 6 nitrogen and oxygen atoms in total. The van der Waals surface area contributed by atoms with Crippen LogP contribution in [0.2, 0.25) is 0 Å². The van der Waals surface area contributed by atoms with Crippen LogP contribution in [0.1, 0.15) is 38.2 Å². The fraction of sp³-hybridized carbons (Fsp3) is 0.556. The van der Waals surface area contributed by atoms with Crippen LogP contribution < -0.4 is 9.47 Å². The van der Waals surface area contributed by atoms with Crippen molar-refractivity contribution >= 4 is 11.9 Å². The van der Waals surface area contributed by atoms with E-state index in [1.54, 1.807) is 0 Å². The molecule has 130 valence electrons. The minimum Gasteiger partial charge on any atom is -0.481 e. The number of rotatable bonds is 5. The van der Waals surface area contributed by atoms with Gasteiger partial charge in [-0.05, 0) is 50.3 Å². The maximum atomic E-state index is 12.8. The van der Waals surface area contributed by atoms with E-state index in [9.17, 15) is 9.59 Å². The Morgan fingerprint density at radius 2 is 1.79 bits per heavy atom. The molecule has 1 fully saturated rings. The van der Waals surface area contributed by atoms with Crippen molar-refractivity contribution in [2.24, 2.45) is 11.8 Å². The molecule has 0 aromatic heterocycles. The number of carbonyl (C=O) groups is 2. The maximum absolute atomic E-state index is 12.8. The molecule has 6 heteroatoms. The summed E-state index contributed by atoms with van der Waals surface area (Å²) in [5.74, 6) is 0.484. The molecule has 2 aliphatic rings. The predicted octanol–water partition coefficient (Wildman–Crippen LogP) is 2.65. The molecule has 0 unspecified atom stereocenters. The first-order chi connectivity index (χ1) is 11.6. The Morgan fingerprint density at radius 1 is 1.12 bits per heavy atom. The van der Waals surface area contributed by atoms with E-state index in [1.807, 2.05) is 30.0 Å². The first kappa shape index (κ1) is 16.6. The fourth-order valence-corrected chi connectivity index (χ4v) is 3.45. The number of hydrogen-bond donors (Lipinski definition) is 1. The van der Waals surface area contributed by atoms with Gasteiger partial charge in [-0.3, -0.25) is 9.59 Å². The number of carboxylic acid groups (broad SMARTS) is 1. The Bertz CT molecular complexity index is 622. The molecule has 1 aliphatic carbocycles. The average molecular weight is 333 g/mol. The third-order valence-corrected chi connectivity index (χ3v) is 4.93. The van der Waals surface area contributed by atoms with E-state index in [0.29, 0.717) is 38.8 Å². The molecule has 1 aliphatic heterocycles. The SMILES string of the molecule is CCN(Cc1ccc2c(c1)OCO2)C(=O)C1CCC(C(=O)O)CC1. The Balaban J connectivity index is 1.61. The Morgan fingerprint density at radius 3 is 2.46 bits per heavy atom. The standard InChI is InChI=1S/C18H23NO5/c1-2-19(10-12-3-8-15-16(9-12)24-11-23-15)17(20)13-4-6-14(7-5-13)18(21)22/h3,8-9,13-14H,2,4-7,10-11H2,1H3,(H,21,22). The number of carbonyl (C=O) groups excluding carboxylic acids is 1. The Kier molecular flexibility index (Phi) is 4.92. The highest BCUT2D eigenvalue weighted by atomic mass is 16.7. The number of aliphatic carboxylic acids is 1. The lowest BCUT2D eigenvalue weighted by molar-refractivity contribution is -0.145. The summed E-state index contributed by atoms with van der Waals surface area (Å²) in [5.41, 5.74) is 1.01. The average Bonchev–Trinajstić information content (AvgIpc) is 3.07. The molecular formula is C18H23NO5. The largest absolute Gasteiger partial charge is 0.481 e.